The number of benzene rings is 1. The first-order valence-electron chi connectivity index (χ1n) is 7.02. The highest BCUT2D eigenvalue weighted by molar-refractivity contribution is 6.08. The fraction of sp³-hybridized carbons (Fsp3) is 0.333. The second-order valence-electron chi connectivity index (χ2n) is 4.99. The van der Waals surface area contributed by atoms with Gasteiger partial charge >= 0.3 is 5.97 Å². The van der Waals surface area contributed by atoms with Gasteiger partial charge in [0.2, 0.25) is 6.79 Å². The summed E-state index contributed by atoms with van der Waals surface area (Å²) < 4.78 is 15.2. The number of nitrogens with one attached hydrogen (secondary N) is 1. The Morgan fingerprint density at radius 1 is 1.39 bits per heavy atom. The topological polar surface area (TPSA) is 97.3 Å². The number of anilines is 1. The van der Waals surface area contributed by atoms with Gasteiger partial charge in [0.1, 0.15) is 5.70 Å². The van der Waals surface area contributed by atoms with Gasteiger partial charge in [-0.25, -0.2) is 4.79 Å². The number of ether oxygens (including phenoxy) is 3. The number of nitrogens with zero attached hydrogens (tertiary/aromatic N) is 1. The minimum atomic E-state index is -0.581. The van der Waals surface area contributed by atoms with Gasteiger partial charge in [-0.15, -0.1) is 0 Å². The lowest BCUT2D eigenvalue weighted by Gasteiger charge is -2.15. The molecule has 0 aromatic heterocycles. The van der Waals surface area contributed by atoms with Gasteiger partial charge in [0.25, 0.3) is 5.91 Å². The number of fused-ring (bicyclic) bond motifs is 1. The van der Waals surface area contributed by atoms with Gasteiger partial charge in [-0.1, -0.05) is 0 Å². The molecule has 8 nitrogen and oxygen atoms in total. The molecule has 122 valence electrons. The highest BCUT2D eigenvalue weighted by Crippen LogP contribution is 2.35. The Morgan fingerprint density at radius 3 is 2.91 bits per heavy atom. The molecular formula is C15H16N2O6. The molecule has 1 amide bonds. The van der Waals surface area contributed by atoms with E-state index in [0.717, 1.165) is 0 Å². The van der Waals surface area contributed by atoms with E-state index in [2.05, 4.69) is 5.32 Å². The normalized spacial score (nSPS) is 16.1. The van der Waals surface area contributed by atoms with Gasteiger partial charge in [0, 0.05) is 18.3 Å². The van der Waals surface area contributed by atoms with Crippen molar-refractivity contribution in [2.75, 3.05) is 38.9 Å². The average molecular weight is 320 g/mol. The molecule has 0 spiro atoms. The molecule has 23 heavy (non-hydrogen) atoms. The lowest BCUT2D eigenvalue weighted by molar-refractivity contribution is -0.136. The Balaban J connectivity index is 1.88. The predicted octanol–water partition coefficient (Wildman–Crippen LogP) is 0.0888. The maximum atomic E-state index is 12.4. The molecule has 1 aromatic rings. The summed E-state index contributed by atoms with van der Waals surface area (Å²) in [5, 5.41) is 12.0. The summed E-state index contributed by atoms with van der Waals surface area (Å²) >= 11 is 0. The third-order valence-corrected chi connectivity index (χ3v) is 3.60. The Kier molecular flexibility index (Phi) is 4.07. The molecule has 0 fully saturated rings. The average Bonchev–Trinajstić information content (AvgIpc) is 3.13. The van der Waals surface area contributed by atoms with E-state index in [1.807, 2.05) is 0 Å². The summed E-state index contributed by atoms with van der Waals surface area (Å²) in [5.41, 5.74) is 0.956. The summed E-state index contributed by atoms with van der Waals surface area (Å²) in [7, 11) is 1.26. The summed E-state index contributed by atoms with van der Waals surface area (Å²) in [6, 6.07) is 5.12. The Morgan fingerprint density at radius 2 is 2.17 bits per heavy atom. The van der Waals surface area contributed by atoms with Gasteiger partial charge in [0.05, 0.1) is 25.8 Å². The third kappa shape index (κ3) is 2.80. The maximum absolute atomic E-state index is 12.4. The minimum Gasteiger partial charge on any atom is -0.466 e. The van der Waals surface area contributed by atoms with Crippen LogP contribution >= 0.6 is 0 Å². The maximum Gasteiger partial charge on any atom is 0.337 e. The lowest BCUT2D eigenvalue weighted by atomic mass is 10.2. The third-order valence-electron chi connectivity index (χ3n) is 3.60. The number of rotatable bonds is 5. The highest BCUT2D eigenvalue weighted by atomic mass is 16.7. The number of aliphatic hydroxyl groups is 1. The second-order valence-corrected chi connectivity index (χ2v) is 4.99. The van der Waals surface area contributed by atoms with Crippen LogP contribution in [0.2, 0.25) is 0 Å². The Bertz CT molecular complexity index is 685. The molecule has 3 rings (SSSR count). The van der Waals surface area contributed by atoms with E-state index in [-0.39, 0.29) is 43.7 Å². The van der Waals surface area contributed by atoms with E-state index in [1.54, 1.807) is 18.2 Å². The summed E-state index contributed by atoms with van der Waals surface area (Å²) in [6.45, 7) is 0.209. The van der Waals surface area contributed by atoms with E-state index in [1.165, 1.54) is 12.0 Å². The van der Waals surface area contributed by atoms with Gasteiger partial charge in [0.15, 0.2) is 11.5 Å². The molecule has 2 aliphatic heterocycles. The van der Waals surface area contributed by atoms with Crippen molar-refractivity contribution in [1.29, 1.82) is 0 Å². The number of hydrogen-bond donors (Lipinski definition) is 2. The van der Waals surface area contributed by atoms with Crippen molar-refractivity contribution >= 4 is 17.6 Å². The lowest BCUT2D eigenvalue weighted by Crippen LogP contribution is -2.31. The number of β-amino-alcohol motifs (C(OH)–C–C–N with tert-alkyl or cyclic N) is 1. The van der Waals surface area contributed by atoms with Gasteiger partial charge in [-0.2, -0.15) is 0 Å². The number of hydrogen-bond acceptors (Lipinski definition) is 7. The molecule has 2 N–H and O–H groups in total. The number of esters is 1. The second kappa shape index (κ2) is 6.17. The van der Waals surface area contributed by atoms with Gasteiger partial charge < -0.3 is 29.5 Å². The monoisotopic (exact) mass is 320 g/mol. The van der Waals surface area contributed by atoms with Crippen LogP contribution in [0.25, 0.3) is 0 Å². The fourth-order valence-corrected chi connectivity index (χ4v) is 2.47. The molecule has 0 unspecified atom stereocenters. The van der Waals surface area contributed by atoms with Crippen molar-refractivity contribution in [3.05, 3.63) is 29.5 Å². The van der Waals surface area contributed by atoms with E-state index in [0.29, 0.717) is 17.2 Å². The Hall–Kier alpha value is -2.74. The van der Waals surface area contributed by atoms with E-state index < -0.39 is 5.97 Å². The molecule has 0 saturated heterocycles. The zero-order chi connectivity index (χ0) is 16.4. The molecule has 2 heterocycles. The fourth-order valence-electron chi connectivity index (χ4n) is 2.47. The highest BCUT2D eigenvalue weighted by Gasteiger charge is 2.34. The molecule has 0 bridgehead atoms. The number of carbonyl (C=O) groups excluding carboxylic acids is 2. The smallest absolute Gasteiger partial charge is 0.337 e. The number of aliphatic hydroxyl groups excluding tert-OH is 1. The van der Waals surface area contributed by atoms with Gasteiger partial charge in [-0.3, -0.25) is 4.79 Å². The van der Waals surface area contributed by atoms with Crippen LogP contribution in [0.1, 0.15) is 0 Å². The molecule has 8 heteroatoms. The van der Waals surface area contributed by atoms with Crippen molar-refractivity contribution < 1.29 is 28.9 Å². The Labute approximate surface area is 132 Å². The van der Waals surface area contributed by atoms with Crippen LogP contribution in [0.4, 0.5) is 5.69 Å². The predicted molar refractivity (Wildman–Crippen MR) is 78.9 cm³/mol. The van der Waals surface area contributed by atoms with Crippen LogP contribution in [-0.4, -0.2) is 55.5 Å². The largest absolute Gasteiger partial charge is 0.466 e. The minimum absolute atomic E-state index is 0.0962. The number of carbonyl (C=O) groups is 2. The number of methoxy groups -OCH3 is 1. The van der Waals surface area contributed by atoms with E-state index in [4.69, 9.17) is 19.3 Å². The van der Waals surface area contributed by atoms with Gasteiger partial charge in [-0.05, 0) is 12.1 Å². The quantitative estimate of drug-likeness (QED) is 0.742. The van der Waals surface area contributed by atoms with Crippen molar-refractivity contribution in [1.82, 2.24) is 4.90 Å². The van der Waals surface area contributed by atoms with Crippen molar-refractivity contribution in [3.63, 3.8) is 0 Å². The molecule has 0 saturated carbocycles. The van der Waals surface area contributed by atoms with Crippen LogP contribution in [0.15, 0.2) is 29.5 Å². The first-order chi connectivity index (χ1) is 11.1. The molecule has 2 aliphatic rings. The zero-order valence-electron chi connectivity index (χ0n) is 12.5. The van der Waals surface area contributed by atoms with Crippen molar-refractivity contribution in [2.24, 2.45) is 0 Å². The molecule has 1 aromatic carbocycles. The molecule has 0 aliphatic carbocycles. The van der Waals surface area contributed by atoms with Crippen LogP contribution in [0.3, 0.4) is 0 Å². The van der Waals surface area contributed by atoms with E-state index >= 15 is 0 Å². The van der Waals surface area contributed by atoms with Crippen molar-refractivity contribution in [2.45, 2.75) is 0 Å². The van der Waals surface area contributed by atoms with Crippen LogP contribution in [0, 0.1) is 0 Å². The summed E-state index contributed by atoms with van der Waals surface area (Å²) in [5.74, 6) is 0.240. The summed E-state index contributed by atoms with van der Waals surface area (Å²) in [4.78, 5) is 25.7. The molecule has 0 atom stereocenters. The van der Waals surface area contributed by atoms with Crippen LogP contribution in [0.5, 0.6) is 11.5 Å². The molecular weight excluding hydrogens is 304 g/mol. The first-order valence-corrected chi connectivity index (χ1v) is 7.02. The SMILES string of the molecule is COC(=O)C1=C(Nc2ccc3c(c2)OCO3)C(=O)N(CCO)C1. The number of amides is 1. The standard InChI is InChI=1S/C15H16N2O6/c1-21-15(20)10-7-17(4-5-18)14(19)13(10)16-9-2-3-11-12(6-9)23-8-22-11/h2-3,6,16,18H,4-5,7-8H2,1H3. The van der Waals surface area contributed by atoms with Crippen LogP contribution in [-0.2, 0) is 14.3 Å². The zero-order valence-corrected chi connectivity index (χ0v) is 12.5. The first kappa shape index (κ1) is 15.2. The van der Waals surface area contributed by atoms with E-state index in [9.17, 15) is 9.59 Å². The summed E-state index contributed by atoms with van der Waals surface area (Å²) in [6.07, 6.45) is 0. The van der Waals surface area contributed by atoms with Crippen molar-refractivity contribution in [3.8, 4) is 11.5 Å². The molecule has 0 radical (unpaired) electrons. The van der Waals surface area contributed by atoms with Crippen LogP contribution < -0.4 is 14.8 Å².